The van der Waals surface area contributed by atoms with Gasteiger partial charge in [0.1, 0.15) is 36.9 Å². The molecule has 108 valence electrons. The molecule has 21 heavy (non-hydrogen) atoms. The van der Waals surface area contributed by atoms with Gasteiger partial charge in [-0.05, 0) is 36.4 Å². The second-order valence-corrected chi connectivity index (χ2v) is 4.45. The molecule has 0 radical (unpaired) electrons. The SMILES string of the molecule is N#Cc1ccccc1OCC(O)COc1ccc(N)cc1. The van der Waals surface area contributed by atoms with Gasteiger partial charge in [-0.25, -0.2) is 0 Å². The second kappa shape index (κ2) is 7.17. The monoisotopic (exact) mass is 284 g/mol. The fourth-order valence-electron chi connectivity index (χ4n) is 1.68. The molecule has 0 bridgehead atoms. The smallest absolute Gasteiger partial charge is 0.137 e. The molecule has 2 rings (SSSR count). The van der Waals surface area contributed by atoms with Crippen molar-refractivity contribution in [2.75, 3.05) is 18.9 Å². The van der Waals surface area contributed by atoms with Crippen LogP contribution < -0.4 is 15.2 Å². The fourth-order valence-corrected chi connectivity index (χ4v) is 1.68. The Morgan fingerprint density at radius 1 is 1.05 bits per heavy atom. The van der Waals surface area contributed by atoms with Crippen LogP contribution in [0.5, 0.6) is 11.5 Å². The zero-order chi connectivity index (χ0) is 15.1. The van der Waals surface area contributed by atoms with Crippen molar-refractivity contribution < 1.29 is 14.6 Å². The van der Waals surface area contributed by atoms with Crippen LogP contribution in [0, 0.1) is 11.3 Å². The molecule has 5 nitrogen and oxygen atoms in total. The van der Waals surface area contributed by atoms with E-state index < -0.39 is 6.10 Å². The Balaban J connectivity index is 1.81. The van der Waals surface area contributed by atoms with Crippen LogP contribution in [-0.2, 0) is 0 Å². The summed E-state index contributed by atoms with van der Waals surface area (Å²) in [5.41, 5.74) is 6.66. The number of ether oxygens (including phenoxy) is 2. The van der Waals surface area contributed by atoms with Gasteiger partial charge in [0.2, 0.25) is 0 Å². The lowest BCUT2D eigenvalue weighted by Crippen LogP contribution is -2.25. The number of nitrogens with zero attached hydrogens (tertiary/aromatic N) is 1. The first-order valence-corrected chi connectivity index (χ1v) is 6.47. The van der Waals surface area contributed by atoms with Crippen LogP contribution in [0.15, 0.2) is 48.5 Å². The van der Waals surface area contributed by atoms with Crippen molar-refractivity contribution >= 4 is 5.69 Å². The minimum atomic E-state index is -0.797. The molecule has 5 heteroatoms. The van der Waals surface area contributed by atoms with E-state index in [4.69, 9.17) is 20.5 Å². The lowest BCUT2D eigenvalue weighted by Gasteiger charge is -2.14. The Hall–Kier alpha value is -2.71. The quantitative estimate of drug-likeness (QED) is 0.792. The number of hydrogen-bond acceptors (Lipinski definition) is 5. The third-order valence-corrected chi connectivity index (χ3v) is 2.76. The lowest BCUT2D eigenvalue weighted by molar-refractivity contribution is 0.0625. The number of benzene rings is 2. The lowest BCUT2D eigenvalue weighted by atomic mass is 10.2. The van der Waals surface area contributed by atoms with Crippen LogP contribution in [0.1, 0.15) is 5.56 Å². The van der Waals surface area contributed by atoms with Gasteiger partial charge in [0.05, 0.1) is 5.56 Å². The molecule has 3 N–H and O–H groups in total. The molecule has 0 fully saturated rings. The molecule has 0 spiro atoms. The maximum absolute atomic E-state index is 9.83. The summed E-state index contributed by atoms with van der Waals surface area (Å²) in [5.74, 6) is 1.08. The van der Waals surface area contributed by atoms with Gasteiger partial charge in [0, 0.05) is 5.69 Å². The number of nitrogen functional groups attached to an aromatic ring is 1. The summed E-state index contributed by atoms with van der Waals surface area (Å²) in [6.45, 7) is 0.145. The summed E-state index contributed by atoms with van der Waals surface area (Å²) < 4.78 is 10.8. The number of rotatable bonds is 6. The van der Waals surface area contributed by atoms with Gasteiger partial charge < -0.3 is 20.3 Å². The minimum Gasteiger partial charge on any atom is -0.491 e. The molecule has 2 aromatic rings. The molecule has 0 aliphatic heterocycles. The van der Waals surface area contributed by atoms with E-state index in [9.17, 15) is 5.11 Å². The average Bonchev–Trinajstić information content (AvgIpc) is 2.52. The van der Waals surface area contributed by atoms with Crippen LogP contribution in [0.4, 0.5) is 5.69 Å². The van der Waals surface area contributed by atoms with Crippen molar-refractivity contribution in [2.24, 2.45) is 0 Å². The molecule has 0 saturated carbocycles. The van der Waals surface area contributed by atoms with Crippen molar-refractivity contribution in [3.05, 3.63) is 54.1 Å². The topological polar surface area (TPSA) is 88.5 Å². The summed E-state index contributed by atoms with van der Waals surface area (Å²) in [6, 6.07) is 15.8. The van der Waals surface area contributed by atoms with Gasteiger partial charge >= 0.3 is 0 Å². The van der Waals surface area contributed by atoms with E-state index in [0.29, 0.717) is 22.7 Å². The van der Waals surface area contributed by atoms with E-state index in [1.54, 1.807) is 48.5 Å². The van der Waals surface area contributed by atoms with Gasteiger partial charge in [0.15, 0.2) is 0 Å². The molecule has 0 aliphatic carbocycles. The molecular formula is C16H16N2O3. The zero-order valence-electron chi connectivity index (χ0n) is 11.4. The van der Waals surface area contributed by atoms with E-state index in [0.717, 1.165) is 0 Å². The van der Waals surface area contributed by atoms with Crippen LogP contribution in [0.2, 0.25) is 0 Å². The van der Waals surface area contributed by atoms with Crippen molar-refractivity contribution in [2.45, 2.75) is 6.10 Å². The molecule has 0 saturated heterocycles. The number of nitriles is 1. The van der Waals surface area contributed by atoms with Gasteiger partial charge in [-0.3, -0.25) is 0 Å². The highest BCUT2D eigenvalue weighted by Crippen LogP contribution is 2.17. The fraction of sp³-hybridized carbons (Fsp3) is 0.188. The Morgan fingerprint density at radius 2 is 1.71 bits per heavy atom. The number of hydrogen-bond donors (Lipinski definition) is 2. The van der Waals surface area contributed by atoms with E-state index in [2.05, 4.69) is 0 Å². The molecule has 0 amide bonds. The van der Waals surface area contributed by atoms with Crippen molar-refractivity contribution in [3.63, 3.8) is 0 Å². The zero-order valence-corrected chi connectivity index (χ0v) is 11.4. The molecule has 0 heterocycles. The van der Waals surface area contributed by atoms with Crippen molar-refractivity contribution in [3.8, 4) is 17.6 Å². The highest BCUT2D eigenvalue weighted by Gasteiger charge is 2.08. The van der Waals surface area contributed by atoms with Crippen molar-refractivity contribution in [1.29, 1.82) is 5.26 Å². The average molecular weight is 284 g/mol. The second-order valence-electron chi connectivity index (χ2n) is 4.45. The van der Waals surface area contributed by atoms with E-state index in [-0.39, 0.29) is 13.2 Å². The maximum Gasteiger partial charge on any atom is 0.137 e. The summed E-state index contributed by atoms with van der Waals surface area (Å²) >= 11 is 0. The summed E-state index contributed by atoms with van der Waals surface area (Å²) in [4.78, 5) is 0. The first-order valence-electron chi connectivity index (χ1n) is 6.47. The van der Waals surface area contributed by atoms with Crippen molar-refractivity contribution in [1.82, 2.24) is 0 Å². The number of anilines is 1. The molecule has 1 unspecified atom stereocenters. The number of para-hydroxylation sites is 1. The van der Waals surface area contributed by atoms with Crippen LogP contribution in [0.3, 0.4) is 0 Å². The summed E-state index contributed by atoms with van der Waals surface area (Å²) in [5, 5.41) is 18.8. The van der Waals surface area contributed by atoms with E-state index in [1.807, 2.05) is 6.07 Å². The Labute approximate surface area is 123 Å². The van der Waals surface area contributed by atoms with E-state index >= 15 is 0 Å². The number of aliphatic hydroxyl groups excluding tert-OH is 1. The molecule has 0 aromatic heterocycles. The molecule has 2 aromatic carbocycles. The Bertz CT molecular complexity index is 620. The Kier molecular flexibility index (Phi) is 5.02. The highest BCUT2D eigenvalue weighted by molar-refractivity contribution is 5.42. The van der Waals surface area contributed by atoms with Gasteiger partial charge in [-0.1, -0.05) is 12.1 Å². The Morgan fingerprint density at radius 3 is 2.43 bits per heavy atom. The first kappa shape index (κ1) is 14.7. The molecule has 0 aliphatic rings. The van der Waals surface area contributed by atoms with Gasteiger partial charge in [-0.15, -0.1) is 0 Å². The first-order chi connectivity index (χ1) is 10.2. The number of nitrogens with two attached hydrogens (primary N) is 1. The van der Waals surface area contributed by atoms with Crippen LogP contribution >= 0.6 is 0 Å². The predicted octanol–water partition coefficient (Wildman–Crippen LogP) is 1.96. The predicted molar refractivity (Wildman–Crippen MR) is 79.0 cm³/mol. The standard InChI is InChI=1S/C16H16N2O3/c17-9-12-3-1-2-4-16(12)21-11-14(19)10-20-15-7-5-13(18)6-8-15/h1-8,14,19H,10-11,18H2. The molecule has 1 atom stereocenters. The normalized spacial score (nSPS) is 11.4. The third kappa shape index (κ3) is 4.41. The molecular weight excluding hydrogens is 268 g/mol. The number of aliphatic hydroxyl groups is 1. The highest BCUT2D eigenvalue weighted by atomic mass is 16.5. The largest absolute Gasteiger partial charge is 0.491 e. The van der Waals surface area contributed by atoms with Gasteiger partial charge in [-0.2, -0.15) is 5.26 Å². The minimum absolute atomic E-state index is 0.0493. The van der Waals surface area contributed by atoms with Crippen LogP contribution in [-0.4, -0.2) is 24.4 Å². The van der Waals surface area contributed by atoms with Gasteiger partial charge in [0.25, 0.3) is 0 Å². The summed E-state index contributed by atoms with van der Waals surface area (Å²) in [7, 11) is 0. The van der Waals surface area contributed by atoms with Crippen LogP contribution in [0.25, 0.3) is 0 Å². The maximum atomic E-state index is 9.83. The summed E-state index contributed by atoms with van der Waals surface area (Å²) in [6.07, 6.45) is -0.797. The third-order valence-electron chi connectivity index (χ3n) is 2.76. The van der Waals surface area contributed by atoms with E-state index in [1.165, 1.54) is 0 Å².